The van der Waals surface area contributed by atoms with E-state index >= 15 is 0 Å². The van der Waals surface area contributed by atoms with Gasteiger partial charge in [-0.1, -0.05) is 0 Å². The first-order valence-corrected chi connectivity index (χ1v) is 5.97. The van der Waals surface area contributed by atoms with Crippen LogP contribution in [0.3, 0.4) is 0 Å². The minimum atomic E-state index is 0. The molecule has 2 fully saturated rings. The van der Waals surface area contributed by atoms with Gasteiger partial charge in [-0.2, -0.15) is 0 Å². The van der Waals surface area contributed by atoms with Crippen LogP contribution >= 0.6 is 12.4 Å². The zero-order valence-corrected chi connectivity index (χ0v) is 10.8. The molecule has 0 radical (unpaired) electrons. The third-order valence-corrected chi connectivity index (χ3v) is 3.58. The fraction of sp³-hybridized carbons (Fsp3) is 0.909. The summed E-state index contributed by atoms with van der Waals surface area (Å²) < 4.78 is 0. The zero-order valence-electron chi connectivity index (χ0n) is 9.95. The van der Waals surface area contributed by atoms with Gasteiger partial charge in [-0.3, -0.25) is 9.69 Å². The van der Waals surface area contributed by atoms with Crippen LogP contribution < -0.4 is 5.32 Å². The number of halogens is 1. The van der Waals surface area contributed by atoms with E-state index in [4.69, 9.17) is 0 Å². The molecule has 0 aromatic carbocycles. The normalized spacial score (nSPS) is 23.9. The lowest BCUT2D eigenvalue weighted by Gasteiger charge is -2.40. The molecule has 2 saturated heterocycles. The Morgan fingerprint density at radius 2 is 1.69 bits per heavy atom. The van der Waals surface area contributed by atoms with Gasteiger partial charge < -0.3 is 10.2 Å². The molecule has 4 nitrogen and oxygen atoms in total. The van der Waals surface area contributed by atoms with Gasteiger partial charge in [-0.15, -0.1) is 12.4 Å². The average molecular weight is 248 g/mol. The lowest BCUT2D eigenvalue weighted by atomic mass is 10.0. The standard InChI is InChI=1S/C11H21N3O.ClH/c1-10(15)13-6-8-14(9-7-13)11-2-4-12-5-3-11;/h11-12H,2-9H2,1H3;1H. The van der Waals surface area contributed by atoms with Gasteiger partial charge in [0.05, 0.1) is 0 Å². The first-order valence-electron chi connectivity index (χ1n) is 5.97. The number of carbonyl (C=O) groups is 1. The quantitative estimate of drug-likeness (QED) is 0.725. The van der Waals surface area contributed by atoms with Crippen molar-refractivity contribution in [2.75, 3.05) is 39.3 Å². The molecule has 16 heavy (non-hydrogen) atoms. The number of hydrogen-bond donors (Lipinski definition) is 1. The Hall–Kier alpha value is -0.320. The first-order chi connectivity index (χ1) is 7.27. The molecule has 0 saturated carbocycles. The summed E-state index contributed by atoms with van der Waals surface area (Å²) in [5.74, 6) is 0.222. The SMILES string of the molecule is CC(=O)N1CCN(C2CCNCC2)CC1.Cl. The van der Waals surface area contributed by atoms with Crippen LogP contribution in [0.5, 0.6) is 0 Å². The Bertz CT molecular complexity index is 223. The van der Waals surface area contributed by atoms with E-state index in [1.165, 1.54) is 12.8 Å². The van der Waals surface area contributed by atoms with Crippen LogP contribution in [0.1, 0.15) is 19.8 Å². The molecule has 2 rings (SSSR count). The highest BCUT2D eigenvalue weighted by Gasteiger charge is 2.25. The van der Waals surface area contributed by atoms with Crippen LogP contribution in [0.2, 0.25) is 0 Å². The van der Waals surface area contributed by atoms with E-state index in [1.807, 2.05) is 4.90 Å². The summed E-state index contributed by atoms with van der Waals surface area (Å²) in [5, 5.41) is 3.39. The molecule has 1 amide bonds. The molecule has 2 heterocycles. The van der Waals surface area contributed by atoms with E-state index in [1.54, 1.807) is 6.92 Å². The highest BCUT2D eigenvalue weighted by Crippen LogP contribution is 2.14. The summed E-state index contributed by atoms with van der Waals surface area (Å²) in [6, 6.07) is 0.750. The maximum absolute atomic E-state index is 11.2. The molecule has 0 unspecified atom stereocenters. The molecule has 0 atom stereocenters. The monoisotopic (exact) mass is 247 g/mol. The predicted molar refractivity (Wildman–Crippen MR) is 67.0 cm³/mol. The molecule has 0 bridgehead atoms. The van der Waals surface area contributed by atoms with Gasteiger partial charge >= 0.3 is 0 Å². The van der Waals surface area contributed by atoms with Gasteiger partial charge in [0.1, 0.15) is 0 Å². The van der Waals surface area contributed by atoms with Crippen molar-refractivity contribution in [1.29, 1.82) is 0 Å². The van der Waals surface area contributed by atoms with Gasteiger partial charge in [0.2, 0.25) is 5.91 Å². The Balaban J connectivity index is 0.00000128. The van der Waals surface area contributed by atoms with Crippen LogP contribution in [0.15, 0.2) is 0 Å². The first kappa shape index (κ1) is 13.7. The summed E-state index contributed by atoms with van der Waals surface area (Å²) in [5.41, 5.74) is 0. The zero-order chi connectivity index (χ0) is 10.7. The molecule has 2 aliphatic rings. The predicted octanol–water partition coefficient (Wildman–Crippen LogP) is 0.324. The van der Waals surface area contributed by atoms with E-state index in [-0.39, 0.29) is 18.3 Å². The van der Waals surface area contributed by atoms with Crippen molar-refractivity contribution >= 4 is 18.3 Å². The number of nitrogens with zero attached hydrogens (tertiary/aromatic N) is 2. The number of hydrogen-bond acceptors (Lipinski definition) is 3. The van der Waals surface area contributed by atoms with Crippen molar-refractivity contribution in [3.63, 3.8) is 0 Å². The molecule has 0 aromatic heterocycles. The number of piperazine rings is 1. The van der Waals surface area contributed by atoms with Gasteiger partial charge in [-0.25, -0.2) is 0 Å². The summed E-state index contributed by atoms with van der Waals surface area (Å²) in [6.45, 7) is 7.92. The molecule has 94 valence electrons. The molecule has 2 aliphatic heterocycles. The van der Waals surface area contributed by atoms with Gasteiger partial charge in [0.25, 0.3) is 0 Å². The molecule has 0 spiro atoms. The Labute approximate surface area is 104 Å². The van der Waals surface area contributed by atoms with E-state index < -0.39 is 0 Å². The summed E-state index contributed by atoms with van der Waals surface area (Å²) in [4.78, 5) is 15.7. The molecule has 5 heteroatoms. The van der Waals surface area contributed by atoms with Crippen molar-refractivity contribution in [3.8, 4) is 0 Å². The topological polar surface area (TPSA) is 35.6 Å². The summed E-state index contributed by atoms with van der Waals surface area (Å²) in [7, 11) is 0. The summed E-state index contributed by atoms with van der Waals surface area (Å²) >= 11 is 0. The van der Waals surface area contributed by atoms with E-state index in [0.29, 0.717) is 0 Å². The molecule has 0 aliphatic carbocycles. The van der Waals surface area contributed by atoms with Crippen LogP contribution in [0, 0.1) is 0 Å². The maximum atomic E-state index is 11.2. The number of amides is 1. The van der Waals surface area contributed by atoms with Crippen LogP contribution in [-0.2, 0) is 4.79 Å². The second-order valence-electron chi connectivity index (χ2n) is 4.52. The van der Waals surface area contributed by atoms with Gasteiger partial charge in [-0.05, 0) is 25.9 Å². The van der Waals surface area contributed by atoms with E-state index in [2.05, 4.69) is 10.2 Å². The van der Waals surface area contributed by atoms with E-state index in [0.717, 1.165) is 45.3 Å². The number of piperidine rings is 1. The Kier molecular flexibility index (Phi) is 5.52. The van der Waals surface area contributed by atoms with Gasteiger partial charge in [0.15, 0.2) is 0 Å². The average Bonchev–Trinajstić information content (AvgIpc) is 2.30. The highest BCUT2D eigenvalue weighted by atomic mass is 35.5. The third-order valence-electron chi connectivity index (χ3n) is 3.58. The largest absolute Gasteiger partial charge is 0.340 e. The highest BCUT2D eigenvalue weighted by molar-refractivity contribution is 5.85. The van der Waals surface area contributed by atoms with Crippen molar-refractivity contribution in [3.05, 3.63) is 0 Å². The van der Waals surface area contributed by atoms with Crippen LogP contribution in [-0.4, -0.2) is 61.0 Å². The fourth-order valence-corrected chi connectivity index (χ4v) is 2.57. The number of rotatable bonds is 1. The number of carbonyl (C=O) groups excluding carboxylic acids is 1. The molecular formula is C11H22ClN3O. The van der Waals surface area contributed by atoms with Crippen LogP contribution in [0.4, 0.5) is 0 Å². The Morgan fingerprint density at radius 1 is 1.12 bits per heavy atom. The van der Waals surface area contributed by atoms with Crippen molar-refractivity contribution in [1.82, 2.24) is 15.1 Å². The van der Waals surface area contributed by atoms with Crippen molar-refractivity contribution in [2.45, 2.75) is 25.8 Å². The van der Waals surface area contributed by atoms with Crippen LogP contribution in [0.25, 0.3) is 0 Å². The third kappa shape index (κ3) is 3.34. The smallest absolute Gasteiger partial charge is 0.219 e. The summed E-state index contributed by atoms with van der Waals surface area (Å²) in [6.07, 6.45) is 2.53. The lowest BCUT2D eigenvalue weighted by Crippen LogP contribution is -2.53. The van der Waals surface area contributed by atoms with E-state index in [9.17, 15) is 4.79 Å². The van der Waals surface area contributed by atoms with Gasteiger partial charge in [0, 0.05) is 39.1 Å². The second kappa shape index (κ2) is 6.42. The Morgan fingerprint density at radius 3 is 2.19 bits per heavy atom. The minimum Gasteiger partial charge on any atom is -0.340 e. The molecular weight excluding hydrogens is 226 g/mol. The fourth-order valence-electron chi connectivity index (χ4n) is 2.57. The molecule has 0 aromatic rings. The minimum absolute atomic E-state index is 0. The van der Waals surface area contributed by atoms with Crippen molar-refractivity contribution in [2.24, 2.45) is 0 Å². The lowest BCUT2D eigenvalue weighted by molar-refractivity contribution is -0.130. The van der Waals surface area contributed by atoms with Crippen molar-refractivity contribution < 1.29 is 4.79 Å². The molecule has 1 N–H and O–H groups in total. The number of nitrogens with one attached hydrogen (secondary N) is 1. The maximum Gasteiger partial charge on any atom is 0.219 e. The second-order valence-corrected chi connectivity index (χ2v) is 4.52.